The summed E-state index contributed by atoms with van der Waals surface area (Å²) < 4.78 is 8.30. The molecular formula is H2O2S4. The summed E-state index contributed by atoms with van der Waals surface area (Å²) in [7, 11) is 0. The maximum absolute atomic E-state index is 4.15. The van der Waals surface area contributed by atoms with Gasteiger partial charge in [-0.2, -0.15) is 0 Å². The lowest BCUT2D eigenvalue weighted by molar-refractivity contribution is -0.0479. The lowest BCUT2D eigenvalue weighted by Gasteiger charge is -1.86. The molecule has 0 aliphatic heterocycles. The van der Waals surface area contributed by atoms with Crippen molar-refractivity contribution in [1.82, 2.24) is 0 Å². The quantitative estimate of drug-likeness (QED) is 0.165. The SMILES string of the molecule is SSOOSS. The Morgan fingerprint density at radius 1 is 1.00 bits per heavy atom. The first-order valence-corrected chi connectivity index (χ1v) is 4.45. The van der Waals surface area contributed by atoms with Crippen LogP contribution in [0.1, 0.15) is 0 Å². The molecule has 38 valence electrons. The minimum absolute atomic E-state index is 0.829. The van der Waals surface area contributed by atoms with E-state index in [1.807, 2.05) is 0 Å². The normalized spacial score (nSPS) is 9.00. The molecule has 2 nitrogen and oxygen atoms in total. The standard InChI is InChI=1S/H2O2S4/c3-5-1-2-6-4/h3-4H. The Labute approximate surface area is 54.3 Å². The number of thiol groups is 2. The van der Waals surface area contributed by atoms with E-state index < -0.39 is 0 Å². The maximum atomic E-state index is 4.15. The highest BCUT2D eigenvalue weighted by Crippen LogP contribution is 2.15. The van der Waals surface area contributed by atoms with Crippen molar-refractivity contribution < 1.29 is 8.67 Å². The molecule has 0 aliphatic rings. The van der Waals surface area contributed by atoms with Gasteiger partial charge in [0.15, 0.2) is 0 Å². The van der Waals surface area contributed by atoms with Crippen LogP contribution in [-0.4, -0.2) is 0 Å². The van der Waals surface area contributed by atoms with Gasteiger partial charge in [0.2, 0.25) is 0 Å². The fourth-order valence-corrected chi connectivity index (χ4v) is 0.671. The number of rotatable bonds is 3. The van der Waals surface area contributed by atoms with E-state index in [4.69, 9.17) is 0 Å². The van der Waals surface area contributed by atoms with Crippen LogP contribution >= 0.6 is 45.5 Å². The predicted octanol–water partition coefficient (Wildman–Crippen LogP) is 1.92. The molecule has 0 heterocycles. The summed E-state index contributed by atoms with van der Waals surface area (Å²) in [4.78, 5) is 0. The average molecular weight is 162 g/mol. The smallest absolute Gasteiger partial charge is 0.0997 e. The largest absolute Gasteiger partial charge is 0.139 e. The molecule has 0 spiro atoms. The van der Waals surface area contributed by atoms with Crippen LogP contribution in [0, 0.1) is 0 Å². The minimum Gasteiger partial charge on any atom is -0.139 e. The Morgan fingerprint density at radius 2 is 1.33 bits per heavy atom. The fourth-order valence-electron chi connectivity index (χ4n) is 0.0248. The van der Waals surface area contributed by atoms with Crippen LogP contribution in [-0.2, 0) is 8.67 Å². The fraction of sp³-hybridized carbons (Fsp3) is 0. The third-order valence-corrected chi connectivity index (χ3v) is 0.798. The number of hydrogen-bond donors (Lipinski definition) is 2. The molecule has 0 aromatic carbocycles. The van der Waals surface area contributed by atoms with E-state index >= 15 is 0 Å². The van der Waals surface area contributed by atoms with Crippen LogP contribution in [0.4, 0.5) is 0 Å². The van der Waals surface area contributed by atoms with Crippen molar-refractivity contribution in [2.24, 2.45) is 0 Å². The summed E-state index contributed by atoms with van der Waals surface area (Å²) in [6.07, 6.45) is 0. The molecule has 6 heteroatoms. The first-order valence-electron chi connectivity index (χ1n) is 0.865. The summed E-state index contributed by atoms with van der Waals surface area (Å²) in [5.74, 6) is 0. The zero-order valence-electron chi connectivity index (χ0n) is 2.53. The zero-order chi connectivity index (χ0) is 4.83. The second kappa shape index (κ2) is 6.32. The van der Waals surface area contributed by atoms with Gasteiger partial charge in [-0.15, -0.1) is 8.67 Å². The Hall–Kier alpha value is 1.32. The van der Waals surface area contributed by atoms with Gasteiger partial charge < -0.3 is 0 Å². The highest BCUT2D eigenvalue weighted by molar-refractivity contribution is 8.67. The Balaban J connectivity index is 2.34. The van der Waals surface area contributed by atoms with Gasteiger partial charge in [0.25, 0.3) is 0 Å². The van der Waals surface area contributed by atoms with E-state index in [2.05, 4.69) is 32.0 Å². The van der Waals surface area contributed by atoms with E-state index in [0.29, 0.717) is 0 Å². The van der Waals surface area contributed by atoms with Gasteiger partial charge in [0, 0.05) is 0 Å². The second-order valence-corrected chi connectivity index (χ2v) is 1.75. The van der Waals surface area contributed by atoms with Crippen LogP contribution in [0.3, 0.4) is 0 Å². The lowest BCUT2D eigenvalue weighted by atomic mass is 14.9. The van der Waals surface area contributed by atoms with Crippen LogP contribution in [0.25, 0.3) is 0 Å². The van der Waals surface area contributed by atoms with Crippen molar-refractivity contribution in [3.8, 4) is 0 Å². The first kappa shape index (κ1) is 7.32. The van der Waals surface area contributed by atoms with Crippen molar-refractivity contribution >= 4 is 45.5 Å². The van der Waals surface area contributed by atoms with Gasteiger partial charge in [-0.05, 0) is 0 Å². The molecule has 0 atom stereocenters. The average Bonchev–Trinajstić information content (AvgIpc) is 1.61. The topological polar surface area (TPSA) is 18.5 Å². The molecular weight excluding hydrogens is 160 g/mol. The Kier molecular flexibility index (Phi) is 7.71. The van der Waals surface area contributed by atoms with E-state index in [1.165, 1.54) is 0 Å². The Bertz CT molecular complexity index is 17.5. The summed E-state index contributed by atoms with van der Waals surface area (Å²) >= 11 is 8.81. The number of hydrogen-bond acceptors (Lipinski definition) is 6. The Morgan fingerprint density at radius 3 is 1.50 bits per heavy atom. The van der Waals surface area contributed by atoms with Gasteiger partial charge in [0.05, 0.1) is 22.1 Å². The molecule has 0 fully saturated rings. The van der Waals surface area contributed by atoms with E-state index in [0.717, 1.165) is 22.1 Å². The van der Waals surface area contributed by atoms with E-state index in [9.17, 15) is 0 Å². The van der Waals surface area contributed by atoms with Crippen molar-refractivity contribution in [2.45, 2.75) is 0 Å². The van der Waals surface area contributed by atoms with Crippen molar-refractivity contribution in [3.05, 3.63) is 0 Å². The molecule has 0 aliphatic carbocycles. The van der Waals surface area contributed by atoms with Gasteiger partial charge in [0.1, 0.15) is 0 Å². The van der Waals surface area contributed by atoms with Gasteiger partial charge in [-0.25, -0.2) is 0 Å². The molecule has 0 aromatic rings. The van der Waals surface area contributed by atoms with Crippen LogP contribution < -0.4 is 0 Å². The van der Waals surface area contributed by atoms with Crippen molar-refractivity contribution in [3.63, 3.8) is 0 Å². The van der Waals surface area contributed by atoms with E-state index in [1.54, 1.807) is 0 Å². The van der Waals surface area contributed by atoms with Crippen LogP contribution in [0.2, 0.25) is 0 Å². The third kappa shape index (κ3) is 5.32. The lowest BCUT2D eigenvalue weighted by Crippen LogP contribution is -1.62. The van der Waals surface area contributed by atoms with Crippen LogP contribution in [0.15, 0.2) is 0 Å². The molecule has 0 bridgehead atoms. The molecule has 0 unspecified atom stereocenters. The molecule has 0 saturated heterocycles. The summed E-state index contributed by atoms with van der Waals surface area (Å²) in [6.45, 7) is 0. The highest BCUT2D eigenvalue weighted by Gasteiger charge is 1.76. The van der Waals surface area contributed by atoms with Gasteiger partial charge >= 0.3 is 0 Å². The molecule has 0 amide bonds. The molecule has 0 saturated carbocycles. The van der Waals surface area contributed by atoms with Gasteiger partial charge in [-0.3, -0.25) is 0 Å². The summed E-state index contributed by atoms with van der Waals surface area (Å²) in [5, 5.41) is 0. The maximum Gasteiger partial charge on any atom is 0.0997 e. The molecule has 6 heavy (non-hydrogen) atoms. The molecule has 0 N–H and O–H groups in total. The molecule has 0 aromatic heterocycles. The highest BCUT2D eigenvalue weighted by atomic mass is 33.1. The summed E-state index contributed by atoms with van der Waals surface area (Å²) in [6, 6.07) is 0. The van der Waals surface area contributed by atoms with Crippen molar-refractivity contribution in [1.29, 1.82) is 0 Å². The molecule has 0 radical (unpaired) electrons. The first-order chi connectivity index (χ1) is 2.91. The zero-order valence-corrected chi connectivity index (χ0v) is 5.95. The second-order valence-electron chi connectivity index (χ2n) is 0.285. The van der Waals surface area contributed by atoms with Gasteiger partial charge in [-0.1, -0.05) is 23.3 Å². The molecule has 0 rings (SSSR count). The summed E-state index contributed by atoms with van der Waals surface area (Å²) in [5.41, 5.74) is 0. The third-order valence-electron chi connectivity index (χ3n) is 0.0886. The monoisotopic (exact) mass is 162 g/mol. The van der Waals surface area contributed by atoms with E-state index in [-0.39, 0.29) is 0 Å². The minimum atomic E-state index is 0.829. The van der Waals surface area contributed by atoms with Crippen LogP contribution in [0.5, 0.6) is 0 Å². The van der Waals surface area contributed by atoms with Crippen molar-refractivity contribution in [2.75, 3.05) is 0 Å². The predicted molar refractivity (Wildman–Crippen MR) is 35.3 cm³/mol.